The van der Waals surface area contributed by atoms with Crippen LogP contribution >= 0.6 is 11.3 Å². The van der Waals surface area contributed by atoms with Gasteiger partial charge in [-0.3, -0.25) is 0 Å². The van der Waals surface area contributed by atoms with Crippen molar-refractivity contribution >= 4 is 16.5 Å². The van der Waals surface area contributed by atoms with Gasteiger partial charge < -0.3 is 5.73 Å². The largest absolute Gasteiger partial charge is 0.416 e. The molecule has 0 spiro atoms. The predicted octanol–water partition coefficient (Wildman–Crippen LogP) is 4.07. The fourth-order valence-electron chi connectivity index (χ4n) is 2.04. The molecule has 1 aromatic carbocycles. The van der Waals surface area contributed by atoms with Gasteiger partial charge in [-0.25, -0.2) is 0 Å². The summed E-state index contributed by atoms with van der Waals surface area (Å²) in [4.78, 5) is 0. The fraction of sp³-hybridized carbons (Fsp3) is 0.385. The molecule has 0 aliphatic rings. The van der Waals surface area contributed by atoms with E-state index in [2.05, 4.69) is 10.2 Å². The second-order valence-corrected chi connectivity index (χ2v) is 5.48. The Bertz CT molecular complexity index is 580. The zero-order chi connectivity index (χ0) is 14.8. The minimum atomic E-state index is -4.34. The maximum absolute atomic E-state index is 12.8. The number of hydrogen-bond donors (Lipinski definition) is 1. The number of halogens is 3. The van der Waals surface area contributed by atoms with Gasteiger partial charge in [0.2, 0.25) is 5.13 Å². The molecule has 108 valence electrons. The molecule has 2 aromatic rings. The number of hydrogen-bond acceptors (Lipinski definition) is 4. The summed E-state index contributed by atoms with van der Waals surface area (Å²) in [5.41, 5.74) is 5.51. The van der Waals surface area contributed by atoms with Crippen molar-refractivity contribution in [3.8, 4) is 0 Å². The first kappa shape index (κ1) is 14.8. The Morgan fingerprint density at radius 2 is 2.05 bits per heavy atom. The molecule has 0 saturated heterocycles. The van der Waals surface area contributed by atoms with E-state index in [0.29, 0.717) is 22.1 Å². The van der Waals surface area contributed by atoms with Gasteiger partial charge in [0.15, 0.2) is 0 Å². The van der Waals surface area contributed by atoms with Gasteiger partial charge in [0.05, 0.1) is 5.56 Å². The Balaban J connectivity index is 2.39. The number of benzene rings is 1. The predicted molar refractivity (Wildman–Crippen MR) is 72.5 cm³/mol. The average Bonchev–Trinajstić information content (AvgIpc) is 2.81. The molecule has 0 fully saturated rings. The summed E-state index contributed by atoms with van der Waals surface area (Å²) in [6, 6.07) is 5.36. The van der Waals surface area contributed by atoms with Gasteiger partial charge in [-0.1, -0.05) is 42.9 Å². The fourth-order valence-corrected chi connectivity index (χ4v) is 2.81. The summed E-state index contributed by atoms with van der Waals surface area (Å²) in [6.07, 6.45) is -2.80. The lowest BCUT2D eigenvalue weighted by Crippen LogP contribution is -2.07. The zero-order valence-electron chi connectivity index (χ0n) is 10.8. The van der Waals surface area contributed by atoms with E-state index in [9.17, 15) is 13.2 Å². The van der Waals surface area contributed by atoms with E-state index in [1.54, 1.807) is 6.07 Å². The van der Waals surface area contributed by atoms with Crippen LogP contribution in [0.15, 0.2) is 24.3 Å². The average molecular weight is 301 g/mol. The molecule has 0 amide bonds. The van der Waals surface area contributed by atoms with Crippen LogP contribution in [0.3, 0.4) is 0 Å². The van der Waals surface area contributed by atoms with Crippen LogP contribution in [0.2, 0.25) is 0 Å². The number of nitrogen functional groups attached to an aromatic ring is 1. The Morgan fingerprint density at radius 3 is 2.60 bits per heavy atom. The lowest BCUT2D eigenvalue weighted by atomic mass is 9.93. The highest BCUT2D eigenvalue weighted by molar-refractivity contribution is 7.15. The topological polar surface area (TPSA) is 51.8 Å². The zero-order valence-corrected chi connectivity index (χ0v) is 11.6. The van der Waals surface area contributed by atoms with E-state index in [1.807, 2.05) is 6.92 Å². The summed E-state index contributed by atoms with van der Waals surface area (Å²) >= 11 is 1.22. The second-order valence-electron chi connectivity index (χ2n) is 4.44. The van der Waals surface area contributed by atoms with E-state index in [4.69, 9.17) is 5.73 Å². The van der Waals surface area contributed by atoms with Gasteiger partial charge in [-0.2, -0.15) is 13.2 Å². The number of nitrogens with two attached hydrogens (primary N) is 1. The van der Waals surface area contributed by atoms with Gasteiger partial charge in [-0.15, -0.1) is 10.2 Å². The molecule has 1 unspecified atom stereocenters. The third kappa shape index (κ3) is 3.27. The van der Waals surface area contributed by atoms with Crippen molar-refractivity contribution in [3.05, 3.63) is 40.4 Å². The van der Waals surface area contributed by atoms with Gasteiger partial charge >= 0.3 is 6.18 Å². The van der Waals surface area contributed by atoms with Crippen LogP contribution in [0, 0.1) is 0 Å². The first-order valence-corrected chi connectivity index (χ1v) is 6.99. The molecule has 20 heavy (non-hydrogen) atoms. The first-order chi connectivity index (χ1) is 9.41. The smallest absolute Gasteiger partial charge is 0.374 e. The molecule has 3 nitrogen and oxygen atoms in total. The summed E-state index contributed by atoms with van der Waals surface area (Å²) in [7, 11) is 0. The van der Waals surface area contributed by atoms with E-state index >= 15 is 0 Å². The van der Waals surface area contributed by atoms with E-state index in [-0.39, 0.29) is 5.92 Å². The SMILES string of the molecule is CCCC(c1cccc(C(F)(F)F)c1)c1nnc(N)s1. The van der Waals surface area contributed by atoms with Crippen LogP contribution < -0.4 is 5.73 Å². The van der Waals surface area contributed by atoms with Crippen LogP contribution in [-0.4, -0.2) is 10.2 Å². The molecule has 0 aliphatic carbocycles. The molecule has 2 rings (SSSR count). The molecule has 1 aromatic heterocycles. The second kappa shape index (κ2) is 5.78. The van der Waals surface area contributed by atoms with Crippen molar-refractivity contribution < 1.29 is 13.2 Å². The van der Waals surface area contributed by atoms with Crippen LogP contribution in [-0.2, 0) is 6.18 Å². The third-order valence-corrected chi connectivity index (χ3v) is 3.81. The normalized spacial score (nSPS) is 13.4. The highest BCUT2D eigenvalue weighted by Gasteiger charge is 2.31. The van der Waals surface area contributed by atoms with Crippen molar-refractivity contribution in [2.45, 2.75) is 31.9 Å². The standard InChI is InChI=1S/C13H14F3N3S/c1-2-4-10(11-18-19-12(17)20-11)8-5-3-6-9(7-8)13(14,15)16/h3,5-7,10H,2,4H2,1H3,(H2,17,19). The molecule has 2 N–H and O–H groups in total. The molecule has 7 heteroatoms. The van der Waals surface area contributed by atoms with Crippen LogP contribution in [0.4, 0.5) is 18.3 Å². The van der Waals surface area contributed by atoms with Crippen LogP contribution in [0.25, 0.3) is 0 Å². The minimum absolute atomic E-state index is 0.197. The highest BCUT2D eigenvalue weighted by atomic mass is 32.1. The molecule has 0 bridgehead atoms. The molecule has 0 radical (unpaired) electrons. The molecule has 0 aliphatic heterocycles. The highest BCUT2D eigenvalue weighted by Crippen LogP contribution is 2.35. The molecule has 1 heterocycles. The van der Waals surface area contributed by atoms with Gasteiger partial charge in [0.25, 0.3) is 0 Å². The summed E-state index contributed by atoms with van der Waals surface area (Å²) in [5.74, 6) is -0.197. The Morgan fingerprint density at radius 1 is 1.30 bits per heavy atom. The van der Waals surface area contributed by atoms with Gasteiger partial charge in [0, 0.05) is 5.92 Å². The Hall–Kier alpha value is -1.63. The van der Waals surface area contributed by atoms with Crippen LogP contribution in [0.5, 0.6) is 0 Å². The number of rotatable bonds is 4. The van der Waals surface area contributed by atoms with E-state index in [1.165, 1.54) is 23.5 Å². The monoisotopic (exact) mass is 301 g/mol. The number of alkyl halides is 3. The van der Waals surface area contributed by atoms with Crippen molar-refractivity contribution in [1.29, 1.82) is 0 Å². The van der Waals surface area contributed by atoms with Crippen molar-refractivity contribution in [2.24, 2.45) is 0 Å². The number of anilines is 1. The van der Waals surface area contributed by atoms with Crippen molar-refractivity contribution in [2.75, 3.05) is 5.73 Å². The van der Waals surface area contributed by atoms with Gasteiger partial charge in [-0.05, 0) is 18.1 Å². The van der Waals surface area contributed by atoms with Crippen molar-refractivity contribution in [3.63, 3.8) is 0 Å². The molecular formula is C13H14F3N3S. The first-order valence-electron chi connectivity index (χ1n) is 6.18. The van der Waals surface area contributed by atoms with Crippen molar-refractivity contribution in [1.82, 2.24) is 10.2 Å². The quantitative estimate of drug-likeness (QED) is 0.926. The number of aromatic nitrogens is 2. The third-order valence-electron chi connectivity index (χ3n) is 2.95. The summed E-state index contributed by atoms with van der Waals surface area (Å²) < 4.78 is 38.3. The summed E-state index contributed by atoms with van der Waals surface area (Å²) in [5, 5.41) is 8.69. The minimum Gasteiger partial charge on any atom is -0.374 e. The summed E-state index contributed by atoms with van der Waals surface area (Å²) in [6.45, 7) is 1.98. The molecule has 1 atom stereocenters. The Kier molecular flexibility index (Phi) is 4.27. The van der Waals surface area contributed by atoms with E-state index in [0.717, 1.165) is 12.5 Å². The molecule has 0 saturated carbocycles. The maximum atomic E-state index is 12.8. The lowest BCUT2D eigenvalue weighted by Gasteiger charge is -2.15. The lowest BCUT2D eigenvalue weighted by molar-refractivity contribution is -0.137. The number of nitrogens with zero attached hydrogens (tertiary/aromatic N) is 2. The van der Waals surface area contributed by atoms with Gasteiger partial charge in [0.1, 0.15) is 5.01 Å². The molecular weight excluding hydrogens is 287 g/mol. The maximum Gasteiger partial charge on any atom is 0.416 e. The van der Waals surface area contributed by atoms with E-state index < -0.39 is 11.7 Å². The Labute approximate surface area is 118 Å². The van der Waals surface area contributed by atoms with Crippen LogP contribution in [0.1, 0.15) is 41.8 Å².